The number of rotatable bonds is 3. The number of anilines is 2. The van der Waals surface area contributed by atoms with Gasteiger partial charge < -0.3 is 15.5 Å². The molecule has 3 aromatic heterocycles. The second-order valence-electron chi connectivity index (χ2n) is 8.70. The summed E-state index contributed by atoms with van der Waals surface area (Å²) in [5.41, 5.74) is 6.45. The molecule has 35 heavy (non-hydrogen) atoms. The maximum atomic E-state index is 15.4. The molecule has 1 fully saturated rings. The summed E-state index contributed by atoms with van der Waals surface area (Å²) < 4.78 is 52.7. The monoisotopic (exact) mass is 480 g/mol. The van der Waals surface area contributed by atoms with Crippen LogP contribution in [0, 0.1) is 5.82 Å². The van der Waals surface area contributed by atoms with E-state index < -0.39 is 41.9 Å². The number of aryl methyl sites for hydroxylation is 1. The Hall–Kier alpha value is -4.28. The van der Waals surface area contributed by atoms with Crippen LogP contribution >= 0.6 is 0 Å². The molecule has 0 unspecified atom stereocenters. The number of amides is 2. The average molecular weight is 481 g/mol. The minimum absolute atomic E-state index is 0.180. The van der Waals surface area contributed by atoms with Crippen LogP contribution in [0.25, 0.3) is 27.9 Å². The zero-order chi connectivity index (χ0) is 28.7. The van der Waals surface area contributed by atoms with Crippen LogP contribution in [0.5, 0.6) is 0 Å². The number of carbonyl (C=O) groups excluding carboxylic acids is 2. The number of benzene rings is 1. The van der Waals surface area contributed by atoms with Crippen LogP contribution < -0.4 is 10.6 Å². The van der Waals surface area contributed by atoms with Crippen LogP contribution in [-0.2, 0) is 16.6 Å². The van der Waals surface area contributed by atoms with Gasteiger partial charge in [0, 0.05) is 49.9 Å². The Morgan fingerprint density at radius 1 is 1.20 bits per heavy atom. The molecule has 1 aliphatic heterocycles. The summed E-state index contributed by atoms with van der Waals surface area (Å²) in [7, 11) is 1.76. The first-order valence-corrected chi connectivity index (χ1v) is 10.7. The van der Waals surface area contributed by atoms with Crippen LogP contribution in [-0.4, -0.2) is 59.6 Å². The van der Waals surface area contributed by atoms with E-state index in [2.05, 4.69) is 15.2 Å². The summed E-state index contributed by atoms with van der Waals surface area (Å²) in [5.74, 6) is -2.60. The zero-order valence-electron chi connectivity index (χ0n) is 23.4. The molecule has 4 aromatic rings. The molecule has 5 rings (SSSR count). The van der Waals surface area contributed by atoms with Crippen molar-refractivity contribution in [3.05, 3.63) is 48.8 Å². The largest absolute Gasteiger partial charge is 0.382 e. The fraction of sp³-hybridized carbons (Fsp3) is 0.292. The van der Waals surface area contributed by atoms with Gasteiger partial charge in [-0.25, -0.2) is 13.9 Å². The molecule has 0 bridgehead atoms. The maximum Gasteiger partial charge on any atom is 0.252 e. The molecule has 1 aliphatic rings. The number of fused-ring (bicyclic) bond motifs is 1. The van der Waals surface area contributed by atoms with Gasteiger partial charge in [-0.15, -0.1) is 0 Å². The van der Waals surface area contributed by atoms with Gasteiger partial charge in [0.05, 0.1) is 23.1 Å². The SMILES string of the molecule is [2H]C1([2H])N(c2cc(-c3cc(-c4cnn(C)c4)c4c(N)ncnn34)ccc2F)C(=O)C(C)(C)N(C(C)=O)C1([2H])[2H]. The van der Waals surface area contributed by atoms with Crippen molar-refractivity contribution in [1.82, 2.24) is 29.3 Å². The first-order chi connectivity index (χ1) is 18.1. The van der Waals surface area contributed by atoms with E-state index in [0.717, 1.165) is 13.0 Å². The van der Waals surface area contributed by atoms with Gasteiger partial charge in [-0.3, -0.25) is 14.3 Å². The molecule has 1 aromatic carbocycles. The van der Waals surface area contributed by atoms with Crippen LogP contribution in [0.15, 0.2) is 43.0 Å². The van der Waals surface area contributed by atoms with Gasteiger partial charge in [-0.05, 0) is 38.1 Å². The van der Waals surface area contributed by atoms with Crippen molar-refractivity contribution >= 4 is 28.8 Å². The lowest BCUT2D eigenvalue weighted by Crippen LogP contribution is -2.64. The van der Waals surface area contributed by atoms with Crippen LogP contribution in [0.2, 0.25) is 0 Å². The number of nitrogens with zero attached hydrogens (tertiary/aromatic N) is 7. The Morgan fingerprint density at radius 3 is 2.66 bits per heavy atom. The van der Waals surface area contributed by atoms with Crippen molar-refractivity contribution < 1.29 is 19.5 Å². The van der Waals surface area contributed by atoms with Crippen molar-refractivity contribution in [3.8, 4) is 22.4 Å². The molecule has 10 nitrogen and oxygen atoms in total. The van der Waals surface area contributed by atoms with Gasteiger partial charge in [-0.1, -0.05) is 0 Å². The lowest BCUT2D eigenvalue weighted by atomic mass is 9.96. The van der Waals surface area contributed by atoms with Crippen LogP contribution in [0.1, 0.15) is 26.3 Å². The Labute approximate surface area is 206 Å². The molecule has 2 N–H and O–H groups in total. The van der Waals surface area contributed by atoms with Gasteiger partial charge in [0.25, 0.3) is 5.91 Å². The fourth-order valence-electron chi connectivity index (χ4n) is 4.20. The molecule has 4 heterocycles. The van der Waals surface area contributed by atoms with Crippen LogP contribution in [0.4, 0.5) is 15.9 Å². The molecule has 0 saturated carbocycles. The molecule has 0 radical (unpaired) electrons. The summed E-state index contributed by atoms with van der Waals surface area (Å²) >= 11 is 0. The maximum absolute atomic E-state index is 15.4. The van der Waals surface area contributed by atoms with E-state index >= 15 is 4.39 Å². The molecule has 11 heteroatoms. The molecular formula is C24H25FN8O2. The topological polar surface area (TPSA) is 115 Å². The number of aromatic nitrogens is 5. The summed E-state index contributed by atoms with van der Waals surface area (Å²) in [4.78, 5) is 31.0. The number of piperazine rings is 1. The van der Waals surface area contributed by atoms with E-state index in [0.29, 0.717) is 37.7 Å². The lowest BCUT2D eigenvalue weighted by molar-refractivity contribution is -0.145. The van der Waals surface area contributed by atoms with Gasteiger partial charge in [0.2, 0.25) is 5.91 Å². The third kappa shape index (κ3) is 3.50. The predicted octanol–water partition coefficient (Wildman–Crippen LogP) is 2.49. The highest BCUT2D eigenvalue weighted by atomic mass is 19.1. The molecule has 0 spiro atoms. The van der Waals surface area contributed by atoms with Gasteiger partial charge in [0.15, 0.2) is 5.82 Å². The molecule has 2 amide bonds. The van der Waals surface area contributed by atoms with Crippen molar-refractivity contribution in [1.29, 1.82) is 0 Å². The Bertz CT molecular complexity index is 1670. The summed E-state index contributed by atoms with van der Waals surface area (Å²) in [6.07, 6.45) is 4.66. The van der Waals surface area contributed by atoms with E-state index in [1.807, 2.05) is 0 Å². The number of carbonyl (C=O) groups is 2. The highest BCUT2D eigenvalue weighted by Gasteiger charge is 2.44. The fourth-order valence-corrected chi connectivity index (χ4v) is 4.20. The van der Waals surface area contributed by atoms with Crippen molar-refractivity contribution in [2.75, 3.05) is 23.6 Å². The lowest BCUT2D eigenvalue weighted by Gasteiger charge is -2.45. The summed E-state index contributed by atoms with van der Waals surface area (Å²) in [6, 6.07) is 5.47. The summed E-state index contributed by atoms with van der Waals surface area (Å²) in [6.45, 7) is -2.49. The number of halogens is 1. The van der Waals surface area contributed by atoms with E-state index in [9.17, 15) is 9.59 Å². The Balaban J connectivity index is 1.73. The minimum atomic E-state index is -3.13. The first kappa shape index (κ1) is 18.1. The van der Waals surface area contributed by atoms with Gasteiger partial charge >= 0.3 is 0 Å². The number of nitrogens with two attached hydrogens (primary N) is 1. The minimum Gasteiger partial charge on any atom is -0.382 e. The van der Waals surface area contributed by atoms with E-state index in [1.54, 1.807) is 30.2 Å². The van der Waals surface area contributed by atoms with Gasteiger partial charge in [0.1, 0.15) is 23.2 Å². The standard InChI is InChI=1S/C24H25FN8O2/c1-14(34)32-8-7-31(23(35)24(32,2)3)20-9-15(5-6-18(20)25)19-10-17(16-11-28-30(4)12-16)21-22(26)27-13-29-33(19)21/h5-6,9-13H,7-8H2,1-4H3,(H2,26,27,29)/i7D2,8D2. The molecule has 180 valence electrons. The molecule has 0 atom stereocenters. The van der Waals surface area contributed by atoms with Crippen molar-refractivity contribution in [2.24, 2.45) is 7.05 Å². The second kappa shape index (κ2) is 7.90. The highest BCUT2D eigenvalue weighted by molar-refractivity contribution is 6.03. The van der Waals surface area contributed by atoms with E-state index in [4.69, 9.17) is 11.2 Å². The van der Waals surface area contributed by atoms with Crippen LogP contribution in [0.3, 0.4) is 0 Å². The highest BCUT2D eigenvalue weighted by Crippen LogP contribution is 2.37. The smallest absolute Gasteiger partial charge is 0.252 e. The van der Waals surface area contributed by atoms with Gasteiger partial charge in [-0.2, -0.15) is 10.2 Å². The third-order valence-corrected chi connectivity index (χ3v) is 5.96. The quantitative estimate of drug-likeness (QED) is 0.482. The first-order valence-electron chi connectivity index (χ1n) is 12.7. The molecule has 0 aliphatic carbocycles. The van der Waals surface area contributed by atoms with E-state index in [-0.39, 0.29) is 5.82 Å². The number of hydrogen-bond donors (Lipinski definition) is 1. The average Bonchev–Trinajstić information content (AvgIpc) is 3.43. The Kier molecular flexibility index (Phi) is 4.08. The summed E-state index contributed by atoms with van der Waals surface area (Å²) in [5, 5.41) is 8.50. The molecular weight excluding hydrogens is 451 g/mol. The predicted molar refractivity (Wildman–Crippen MR) is 129 cm³/mol. The zero-order valence-corrected chi connectivity index (χ0v) is 19.4. The molecule has 1 saturated heterocycles. The number of hydrogen-bond acceptors (Lipinski definition) is 6. The van der Waals surface area contributed by atoms with Crippen molar-refractivity contribution in [3.63, 3.8) is 0 Å². The van der Waals surface area contributed by atoms with Crippen molar-refractivity contribution in [2.45, 2.75) is 26.3 Å². The third-order valence-electron chi connectivity index (χ3n) is 5.96. The van der Waals surface area contributed by atoms with E-state index in [1.165, 1.54) is 36.8 Å². The number of nitrogen functional groups attached to an aromatic ring is 1. The second-order valence-corrected chi connectivity index (χ2v) is 8.70. The normalized spacial score (nSPS) is 20.3. The Morgan fingerprint density at radius 2 is 1.97 bits per heavy atom.